The third-order valence-corrected chi connectivity index (χ3v) is 4.47. The van der Waals surface area contributed by atoms with Crippen LogP contribution in [0.25, 0.3) is 0 Å². The van der Waals surface area contributed by atoms with Crippen LogP contribution < -0.4 is 5.32 Å². The first-order valence-corrected chi connectivity index (χ1v) is 6.97. The number of aliphatic carboxylic acids is 1. The average Bonchev–Trinajstić information content (AvgIpc) is 2.29. The summed E-state index contributed by atoms with van der Waals surface area (Å²) in [6, 6.07) is 3.92. The molecule has 0 bridgehead atoms. The second-order valence-electron chi connectivity index (χ2n) is 3.76. The van der Waals surface area contributed by atoms with Crippen LogP contribution in [0.4, 0.5) is 4.39 Å². The molecule has 0 radical (unpaired) electrons. The standard InChI is InChI=1S/C11H11BrFNO2S/c12-8-5-6(13)1-2-7(8)10-14-9(11(15)16)3-4-17-10/h1-2,5,9-10,14H,3-4H2,(H,15,16). The van der Waals surface area contributed by atoms with Crippen molar-refractivity contribution in [2.24, 2.45) is 0 Å². The smallest absolute Gasteiger partial charge is 0.320 e. The zero-order valence-corrected chi connectivity index (χ0v) is 11.2. The molecule has 1 aliphatic rings. The molecule has 1 aromatic rings. The van der Waals surface area contributed by atoms with Crippen molar-refractivity contribution in [2.45, 2.75) is 17.8 Å². The first-order valence-electron chi connectivity index (χ1n) is 5.13. The summed E-state index contributed by atoms with van der Waals surface area (Å²) in [5.41, 5.74) is 0.877. The van der Waals surface area contributed by atoms with Crippen molar-refractivity contribution in [1.82, 2.24) is 5.32 Å². The van der Waals surface area contributed by atoms with E-state index in [9.17, 15) is 9.18 Å². The molecule has 2 N–H and O–H groups in total. The Morgan fingerprint density at radius 1 is 1.59 bits per heavy atom. The molecule has 92 valence electrons. The van der Waals surface area contributed by atoms with Crippen LogP contribution in [-0.4, -0.2) is 22.9 Å². The average molecular weight is 320 g/mol. The second kappa shape index (κ2) is 5.37. The lowest BCUT2D eigenvalue weighted by molar-refractivity contribution is -0.139. The number of rotatable bonds is 2. The number of carboxylic acids is 1. The fourth-order valence-corrected chi connectivity index (χ4v) is 3.69. The Labute approximate surface area is 111 Å². The fourth-order valence-electron chi connectivity index (χ4n) is 1.71. The Morgan fingerprint density at radius 2 is 2.35 bits per heavy atom. The molecule has 1 heterocycles. The molecule has 2 unspecified atom stereocenters. The third kappa shape index (κ3) is 3.00. The number of hydrogen-bond acceptors (Lipinski definition) is 3. The normalized spacial score (nSPS) is 24.6. The lowest BCUT2D eigenvalue weighted by Gasteiger charge is -2.29. The first-order chi connectivity index (χ1) is 8.08. The van der Waals surface area contributed by atoms with E-state index in [-0.39, 0.29) is 11.2 Å². The van der Waals surface area contributed by atoms with Gasteiger partial charge in [-0.15, -0.1) is 11.8 Å². The molecule has 0 amide bonds. The third-order valence-electron chi connectivity index (χ3n) is 2.59. The maximum atomic E-state index is 13.0. The quantitative estimate of drug-likeness (QED) is 0.880. The minimum absolute atomic E-state index is 0.111. The molecule has 1 saturated heterocycles. The predicted molar refractivity (Wildman–Crippen MR) is 68.5 cm³/mol. The van der Waals surface area contributed by atoms with E-state index in [1.54, 1.807) is 17.8 Å². The lowest BCUT2D eigenvalue weighted by atomic mass is 10.1. The van der Waals surface area contributed by atoms with Gasteiger partial charge >= 0.3 is 5.97 Å². The molecule has 0 spiro atoms. The van der Waals surface area contributed by atoms with E-state index in [2.05, 4.69) is 21.2 Å². The van der Waals surface area contributed by atoms with Crippen molar-refractivity contribution in [3.63, 3.8) is 0 Å². The zero-order chi connectivity index (χ0) is 12.4. The summed E-state index contributed by atoms with van der Waals surface area (Å²) in [5.74, 6) is -0.372. The number of carboxylic acid groups (broad SMARTS) is 1. The Hall–Kier alpha value is -0.590. The molecule has 1 fully saturated rings. The van der Waals surface area contributed by atoms with E-state index in [4.69, 9.17) is 5.11 Å². The molecule has 0 aromatic heterocycles. The molecule has 6 heteroatoms. The lowest BCUT2D eigenvalue weighted by Crippen LogP contribution is -2.41. The van der Waals surface area contributed by atoms with Crippen LogP contribution in [0, 0.1) is 5.82 Å². The highest BCUT2D eigenvalue weighted by atomic mass is 79.9. The minimum atomic E-state index is -0.839. The van der Waals surface area contributed by atoms with Crippen LogP contribution in [0.2, 0.25) is 0 Å². The molecule has 0 aliphatic carbocycles. The fraction of sp³-hybridized carbons (Fsp3) is 0.364. The highest BCUT2D eigenvalue weighted by Crippen LogP contribution is 2.35. The van der Waals surface area contributed by atoms with Gasteiger partial charge in [0.2, 0.25) is 0 Å². The van der Waals surface area contributed by atoms with E-state index in [0.29, 0.717) is 10.9 Å². The Kier molecular flexibility index (Phi) is 4.06. The number of thioether (sulfide) groups is 1. The van der Waals surface area contributed by atoms with Crippen molar-refractivity contribution in [1.29, 1.82) is 0 Å². The van der Waals surface area contributed by atoms with Crippen molar-refractivity contribution < 1.29 is 14.3 Å². The van der Waals surface area contributed by atoms with Gasteiger partial charge in [-0.05, 0) is 29.9 Å². The summed E-state index contributed by atoms with van der Waals surface area (Å²) >= 11 is 4.93. The SMILES string of the molecule is O=C(O)C1CCSC(c2ccc(F)cc2Br)N1. The highest BCUT2D eigenvalue weighted by molar-refractivity contribution is 9.10. The summed E-state index contributed by atoms with van der Waals surface area (Å²) in [4.78, 5) is 10.9. The number of nitrogens with one attached hydrogen (secondary N) is 1. The van der Waals surface area contributed by atoms with Gasteiger partial charge in [-0.1, -0.05) is 22.0 Å². The molecule has 17 heavy (non-hydrogen) atoms. The van der Waals surface area contributed by atoms with Gasteiger partial charge < -0.3 is 5.11 Å². The molecule has 2 rings (SSSR count). The molecule has 1 aliphatic heterocycles. The van der Waals surface area contributed by atoms with Gasteiger partial charge in [-0.3, -0.25) is 10.1 Å². The minimum Gasteiger partial charge on any atom is -0.480 e. The van der Waals surface area contributed by atoms with E-state index in [1.807, 2.05) is 0 Å². The highest BCUT2D eigenvalue weighted by Gasteiger charge is 2.28. The van der Waals surface area contributed by atoms with Gasteiger partial charge in [0.05, 0.1) is 5.37 Å². The zero-order valence-electron chi connectivity index (χ0n) is 8.82. The number of hydrogen-bond donors (Lipinski definition) is 2. The topological polar surface area (TPSA) is 49.3 Å². The van der Waals surface area contributed by atoms with Gasteiger partial charge in [-0.25, -0.2) is 4.39 Å². The van der Waals surface area contributed by atoms with Gasteiger partial charge in [0, 0.05) is 4.47 Å². The van der Waals surface area contributed by atoms with E-state index < -0.39 is 12.0 Å². The maximum Gasteiger partial charge on any atom is 0.320 e. The first kappa shape index (κ1) is 12.9. The molecular weight excluding hydrogens is 309 g/mol. The molecule has 3 nitrogen and oxygen atoms in total. The molecule has 0 saturated carbocycles. The van der Waals surface area contributed by atoms with E-state index >= 15 is 0 Å². The van der Waals surface area contributed by atoms with Crippen molar-refractivity contribution >= 4 is 33.7 Å². The second-order valence-corrected chi connectivity index (χ2v) is 5.83. The monoisotopic (exact) mass is 319 g/mol. The van der Waals surface area contributed by atoms with Crippen LogP contribution in [0.3, 0.4) is 0 Å². The van der Waals surface area contributed by atoms with Crippen molar-refractivity contribution in [3.05, 3.63) is 34.1 Å². The summed E-state index contributed by atoms with van der Waals surface area (Å²) < 4.78 is 13.6. The van der Waals surface area contributed by atoms with E-state index in [0.717, 1.165) is 11.3 Å². The van der Waals surface area contributed by atoms with Gasteiger partial charge in [0.1, 0.15) is 11.9 Å². The summed E-state index contributed by atoms with van der Waals surface area (Å²) in [7, 11) is 0. The van der Waals surface area contributed by atoms with Crippen LogP contribution in [0.15, 0.2) is 22.7 Å². The van der Waals surface area contributed by atoms with Gasteiger partial charge in [-0.2, -0.15) is 0 Å². The number of carbonyl (C=O) groups is 1. The number of benzene rings is 1. The molecule has 2 atom stereocenters. The van der Waals surface area contributed by atoms with Crippen LogP contribution in [-0.2, 0) is 4.79 Å². The van der Waals surface area contributed by atoms with Crippen LogP contribution in [0.1, 0.15) is 17.4 Å². The Morgan fingerprint density at radius 3 is 3.00 bits per heavy atom. The predicted octanol–water partition coefficient (Wildman–Crippen LogP) is 2.77. The summed E-state index contributed by atoms with van der Waals surface area (Å²) in [5, 5.41) is 11.9. The summed E-state index contributed by atoms with van der Waals surface area (Å²) in [6.45, 7) is 0. The van der Waals surface area contributed by atoms with Gasteiger partial charge in [0.15, 0.2) is 0 Å². The number of halogens is 2. The Bertz CT molecular complexity index is 443. The van der Waals surface area contributed by atoms with Crippen LogP contribution >= 0.6 is 27.7 Å². The van der Waals surface area contributed by atoms with E-state index in [1.165, 1.54) is 12.1 Å². The molecular formula is C11H11BrFNO2S. The van der Waals surface area contributed by atoms with Crippen molar-refractivity contribution in [3.8, 4) is 0 Å². The largest absolute Gasteiger partial charge is 0.480 e. The van der Waals surface area contributed by atoms with Crippen molar-refractivity contribution in [2.75, 3.05) is 5.75 Å². The van der Waals surface area contributed by atoms with Gasteiger partial charge in [0.25, 0.3) is 0 Å². The van der Waals surface area contributed by atoms with Crippen LogP contribution in [0.5, 0.6) is 0 Å². The molecule has 1 aromatic carbocycles. The summed E-state index contributed by atoms with van der Waals surface area (Å²) in [6.07, 6.45) is 0.606. The Balaban J connectivity index is 2.19. The maximum absolute atomic E-state index is 13.0.